The highest BCUT2D eigenvalue weighted by Gasteiger charge is 2.23. The summed E-state index contributed by atoms with van der Waals surface area (Å²) in [4.78, 5) is 0. The highest BCUT2D eigenvalue weighted by atomic mass is 32.2. The standard InChI is InChI=1S/C22H36N4O2S/c1-2-3-4-5-6-7-8-9-10-11-12-13-17-20-29(27,28)22-23-24-25-26(22)21-18-15-14-16-19-21/h14-16,18-19H,2-13,17,20H2,1H3. The zero-order valence-corrected chi connectivity index (χ0v) is 18.6. The van der Waals surface area contributed by atoms with Gasteiger partial charge in [0.1, 0.15) is 0 Å². The van der Waals surface area contributed by atoms with Crippen molar-refractivity contribution in [3.05, 3.63) is 30.3 Å². The Hall–Kier alpha value is -1.76. The van der Waals surface area contributed by atoms with Crippen molar-refractivity contribution in [3.63, 3.8) is 0 Å². The zero-order chi connectivity index (χ0) is 20.8. The lowest BCUT2D eigenvalue weighted by atomic mass is 10.1. The first-order chi connectivity index (χ1) is 14.1. The van der Waals surface area contributed by atoms with Crippen molar-refractivity contribution in [2.75, 3.05) is 5.75 Å². The van der Waals surface area contributed by atoms with Gasteiger partial charge < -0.3 is 0 Å². The van der Waals surface area contributed by atoms with E-state index in [1.54, 1.807) is 12.1 Å². The number of nitrogens with zero attached hydrogens (tertiary/aromatic N) is 4. The van der Waals surface area contributed by atoms with E-state index in [0.29, 0.717) is 12.1 Å². The number of rotatable bonds is 16. The number of hydrogen-bond acceptors (Lipinski definition) is 5. The van der Waals surface area contributed by atoms with Gasteiger partial charge in [0.05, 0.1) is 11.4 Å². The van der Waals surface area contributed by atoms with Crippen LogP contribution in [-0.4, -0.2) is 34.4 Å². The number of benzene rings is 1. The molecule has 162 valence electrons. The Labute approximate surface area is 176 Å². The van der Waals surface area contributed by atoms with Crippen molar-refractivity contribution >= 4 is 9.84 Å². The molecule has 2 aromatic rings. The van der Waals surface area contributed by atoms with E-state index in [4.69, 9.17) is 0 Å². The molecule has 0 aliphatic heterocycles. The molecule has 1 heterocycles. The fourth-order valence-corrected chi connectivity index (χ4v) is 4.84. The summed E-state index contributed by atoms with van der Waals surface area (Å²) in [6.07, 6.45) is 16.0. The summed E-state index contributed by atoms with van der Waals surface area (Å²) in [5.74, 6) is 0.0952. The second-order valence-electron chi connectivity index (χ2n) is 7.77. The molecule has 0 radical (unpaired) electrons. The molecule has 0 amide bonds. The van der Waals surface area contributed by atoms with Crippen LogP contribution in [0.3, 0.4) is 0 Å². The van der Waals surface area contributed by atoms with Gasteiger partial charge in [-0.05, 0) is 29.0 Å². The Morgan fingerprint density at radius 1 is 0.759 bits per heavy atom. The quantitative estimate of drug-likeness (QED) is 0.334. The number of aromatic nitrogens is 4. The number of para-hydroxylation sites is 1. The number of hydrogen-bond donors (Lipinski definition) is 0. The summed E-state index contributed by atoms with van der Waals surface area (Å²) >= 11 is 0. The molecule has 0 N–H and O–H groups in total. The van der Waals surface area contributed by atoms with Gasteiger partial charge in [-0.2, -0.15) is 4.68 Å². The molecule has 0 unspecified atom stereocenters. The number of tetrazole rings is 1. The van der Waals surface area contributed by atoms with Gasteiger partial charge in [-0.1, -0.05) is 107 Å². The Morgan fingerprint density at radius 2 is 1.28 bits per heavy atom. The molecule has 2 rings (SSSR count). The van der Waals surface area contributed by atoms with E-state index in [1.807, 2.05) is 18.2 Å². The van der Waals surface area contributed by atoms with Gasteiger partial charge in [0, 0.05) is 0 Å². The van der Waals surface area contributed by atoms with Crippen molar-refractivity contribution in [1.82, 2.24) is 20.2 Å². The van der Waals surface area contributed by atoms with E-state index in [0.717, 1.165) is 12.8 Å². The molecule has 0 saturated carbocycles. The van der Waals surface area contributed by atoms with Crippen LogP contribution in [-0.2, 0) is 9.84 Å². The summed E-state index contributed by atoms with van der Waals surface area (Å²) in [6.45, 7) is 2.25. The predicted octanol–water partition coefficient (Wildman–Crippen LogP) is 5.53. The molecule has 0 atom stereocenters. The molecule has 29 heavy (non-hydrogen) atoms. The molecule has 0 spiro atoms. The van der Waals surface area contributed by atoms with Crippen molar-refractivity contribution in [2.45, 2.75) is 95.6 Å². The lowest BCUT2D eigenvalue weighted by Crippen LogP contribution is -2.14. The lowest BCUT2D eigenvalue weighted by molar-refractivity contribution is 0.540. The molecule has 0 saturated heterocycles. The van der Waals surface area contributed by atoms with Crippen molar-refractivity contribution < 1.29 is 8.42 Å². The van der Waals surface area contributed by atoms with Crippen LogP contribution in [0.15, 0.2) is 35.5 Å². The Bertz CT molecular complexity index is 775. The lowest BCUT2D eigenvalue weighted by Gasteiger charge is -2.06. The second-order valence-corrected chi connectivity index (χ2v) is 9.77. The van der Waals surface area contributed by atoms with Crippen molar-refractivity contribution in [2.24, 2.45) is 0 Å². The van der Waals surface area contributed by atoms with E-state index < -0.39 is 9.84 Å². The van der Waals surface area contributed by atoms with Gasteiger partial charge >= 0.3 is 0 Å². The molecule has 6 nitrogen and oxygen atoms in total. The van der Waals surface area contributed by atoms with Crippen LogP contribution < -0.4 is 0 Å². The summed E-state index contributed by atoms with van der Waals surface area (Å²) in [6, 6.07) is 9.12. The monoisotopic (exact) mass is 420 g/mol. The van der Waals surface area contributed by atoms with Gasteiger partial charge in [0.2, 0.25) is 9.84 Å². The molecule has 1 aromatic heterocycles. The fourth-order valence-electron chi connectivity index (χ4n) is 3.51. The van der Waals surface area contributed by atoms with Crippen LogP contribution in [0.2, 0.25) is 0 Å². The molecule has 0 bridgehead atoms. The molecule has 0 fully saturated rings. The van der Waals surface area contributed by atoms with Crippen LogP contribution in [0.4, 0.5) is 0 Å². The van der Waals surface area contributed by atoms with E-state index in [1.165, 1.54) is 68.9 Å². The highest BCUT2D eigenvalue weighted by Crippen LogP contribution is 2.16. The minimum absolute atomic E-state index is 0.0670. The van der Waals surface area contributed by atoms with Crippen molar-refractivity contribution in [1.29, 1.82) is 0 Å². The molecule has 7 heteroatoms. The van der Waals surface area contributed by atoms with Crippen LogP contribution in [0.1, 0.15) is 90.4 Å². The van der Waals surface area contributed by atoms with Gasteiger partial charge in [0.25, 0.3) is 5.16 Å². The Balaban J connectivity index is 1.58. The topological polar surface area (TPSA) is 77.7 Å². The minimum atomic E-state index is -3.48. The highest BCUT2D eigenvalue weighted by molar-refractivity contribution is 7.91. The maximum absolute atomic E-state index is 12.6. The van der Waals surface area contributed by atoms with E-state index in [2.05, 4.69) is 22.4 Å². The molecular weight excluding hydrogens is 384 g/mol. The third kappa shape index (κ3) is 8.64. The first kappa shape index (κ1) is 23.5. The van der Waals surface area contributed by atoms with Crippen LogP contribution >= 0.6 is 0 Å². The van der Waals surface area contributed by atoms with E-state index in [9.17, 15) is 8.42 Å². The fraction of sp³-hybridized carbons (Fsp3) is 0.682. The summed E-state index contributed by atoms with van der Waals surface area (Å²) in [5, 5.41) is 11.1. The van der Waals surface area contributed by atoms with Gasteiger partial charge in [0.15, 0.2) is 0 Å². The summed E-state index contributed by atoms with van der Waals surface area (Å²) < 4.78 is 26.6. The van der Waals surface area contributed by atoms with Gasteiger partial charge in [-0.15, -0.1) is 0 Å². The maximum Gasteiger partial charge on any atom is 0.272 e. The number of unbranched alkanes of at least 4 members (excludes halogenated alkanes) is 12. The van der Waals surface area contributed by atoms with E-state index in [-0.39, 0.29) is 10.9 Å². The summed E-state index contributed by atoms with van der Waals surface area (Å²) in [5.41, 5.74) is 0.654. The average molecular weight is 421 g/mol. The molecular formula is C22H36N4O2S. The molecule has 0 aliphatic rings. The third-order valence-corrected chi connectivity index (χ3v) is 6.87. The third-order valence-electron chi connectivity index (χ3n) is 5.24. The van der Waals surface area contributed by atoms with Gasteiger partial charge in [-0.25, -0.2) is 8.42 Å². The average Bonchev–Trinajstić information content (AvgIpc) is 3.23. The van der Waals surface area contributed by atoms with Gasteiger partial charge in [-0.3, -0.25) is 0 Å². The van der Waals surface area contributed by atoms with Crippen molar-refractivity contribution in [3.8, 4) is 5.69 Å². The number of sulfone groups is 1. The Kier molecular flexibility index (Phi) is 10.9. The van der Waals surface area contributed by atoms with Crippen LogP contribution in [0, 0.1) is 0 Å². The first-order valence-corrected chi connectivity index (χ1v) is 12.9. The maximum atomic E-state index is 12.6. The minimum Gasteiger partial charge on any atom is -0.220 e. The normalized spacial score (nSPS) is 11.8. The van der Waals surface area contributed by atoms with Crippen LogP contribution in [0.5, 0.6) is 0 Å². The summed E-state index contributed by atoms with van der Waals surface area (Å²) in [7, 11) is -3.48. The largest absolute Gasteiger partial charge is 0.272 e. The second kappa shape index (κ2) is 13.5. The first-order valence-electron chi connectivity index (χ1n) is 11.2. The Morgan fingerprint density at radius 3 is 1.83 bits per heavy atom. The van der Waals surface area contributed by atoms with Crippen LogP contribution in [0.25, 0.3) is 5.69 Å². The molecule has 0 aliphatic carbocycles. The zero-order valence-electron chi connectivity index (χ0n) is 17.8. The smallest absolute Gasteiger partial charge is 0.220 e. The SMILES string of the molecule is CCCCCCCCCCCCCCCS(=O)(=O)c1nnnn1-c1ccccc1. The predicted molar refractivity (Wildman–Crippen MR) is 117 cm³/mol. The molecule has 1 aromatic carbocycles. The van der Waals surface area contributed by atoms with E-state index >= 15 is 0 Å².